The molecule has 0 saturated heterocycles. The van der Waals surface area contributed by atoms with Crippen molar-refractivity contribution in [1.82, 2.24) is 5.32 Å². The van der Waals surface area contributed by atoms with E-state index in [1.807, 2.05) is 6.92 Å². The van der Waals surface area contributed by atoms with Gasteiger partial charge in [-0.2, -0.15) is 0 Å². The molecule has 0 aromatic carbocycles. The van der Waals surface area contributed by atoms with Crippen molar-refractivity contribution < 1.29 is 9.53 Å². The van der Waals surface area contributed by atoms with Crippen molar-refractivity contribution >= 4 is 5.97 Å². The molecular weight excluding hydrogens is 178 g/mol. The first-order valence-corrected chi connectivity index (χ1v) is 5.16. The number of rotatable bonds is 6. The van der Waals surface area contributed by atoms with Crippen molar-refractivity contribution in [2.45, 2.75) is 45.7 Å². The Morgan fingerprint density at radius 1 is 1.50 bits per heavy atom. The highest BCUT2D eigenvalue weighted by Gasteiger charge is 2.14. The standard InChI is InChI=1S/C11H21NO2/c1-5-7-8-10(6-2)12-9(3)11(13)14-4/h7-10,12H,5-6H2,1-4H3/b8-7+/t9-,10+/m0/s1. The average Bonchev–Trinajstić information content (AvgIpc) is 2.22. The van der Waals surface area contributed by atoms with Crippen LogP contribution in [0.5, 0.6) is 0 Å². The number of methoxy groups -OCH3 is 1. The largest absolute Gasteiger partial charge is 0.468 e. The Balaban J connectivity index is 4.04. The number of hydrogen-bond donors (Lipinski definition) is 1. The van der Waals surface area contributed by atoms with Gasteiger partial charge in [-0.3, -0.25) is 10.1 Å². The van der Waals surface area contributed by atoms with Gasteiger partial charge in [-0.1, -0.05) is 26.0 Å². The summed E-state index contributed by atoms with van der Waals surface area (Å²) in [4.78, 5) is 11.1. The minimum Gasteiger partial charge on any atom is -0.468 e. The normalized spacial score (nSPS) is 15.4. The van der Waals surface area contributed by atoms with Crippen LogP contribution in [0.25, 0.3) is 0 Å². The van der Waals surface area contributed by atoms with Crippen molar-refractivity contribution in [2.75, 3.05) is 7.11 Å². The summed E-state index contributed by atoms with van der Waals surface area (Å²) in [6, 6.07) is 0.00973. The smallest absolute Gasteiger partial charge is 0.322 e. The first-order valence-electron chi connectivity index (χ1n) is 5.16. The quantitative estimate of drug-likeness (QED) is 0.524. The van der Waals surface area contributed by atoms with E-state index in [1.54, 1.807) is 0 Å². The van der Waals surface area contributed by atoms with Crippen molar-refractivity contribution in [2.24, 2.45) is 0 Å². The molecule has 14 heavy (non-hydrogen) atoms. The summed E-state index contributed by atoms with van der Waals surface area (Å²) >= 11 is 0. The summed E-state index contributed by atoms with van der Waals surface area (Å²) < 4.78 is 4.64. The fourth-order valence-corrected chi connectivity index (χ4v) is 1.18. The number of ether oxygens (including phenoxy) is 1. The summed E-state index contributed by atoms with van der Waals surface area (Å²) in [5.41, 5.74) is 0. The SMILES string of the molecule is CC/C=C/[C@@H](CC)N[C@@H](C)C(=O)OC. The van der Waals surface area contributed by atoms with Crippen molar-refractivity contribution in [1.29, 1.82) is 0 Å². The second kappa shape index (κ2) is 7.56. The van der Waals surface area contributed by atoms with Crippen LogP contribution >= 0.6 is 0 Å². The molecule has 2 atom stereocenters. The second-order valence-corrected chi connectivity index (χ2v) is 3.26. The third kappa shape index (κ3) is 5.02. The molecule has 0 amide bonds. The van der Waals surface area contributed by atoms with Gasteiger partial charge in [0.25, 0.3) is 0 Å². The zero-order valence-electron chi connectivity index (χ0n) is 9.54. The van der Waals surface area contributed by atoms with Crippen LogP contribution in [-0.4, -0.2) is 25.2 Å². The van der Waals surface area contributed by atoms with Gasteiger partial charge < -0.3 is 4.74 Å². The van der Waals surface area contributed by atoms with Crippen LogP contribution in [0.2, 0.25) is 0 Å². The lowest BCUT2D eigenvalue weighted by molar-refractivity contribution is -0.142. The van der Waals surface area contributed by atoms with Crippen LogP contribution in [0, 0.1) is 0 Å². The molecule has 0 spiro atoms. The molecule has 0 aliphatic heterocycles. The molecule has 0 saturated carbocycles. The van der Waals surface area contributed by atoms with E-state index in [0.29, 0.717) is 0 Å². The highest BCUT2D eigenvalue weighted by atomic mass is 16.5. The predicted molar refractivity (Wildman–Crippen MR) is 58.1 cm³/mol. The Labute approximate surface area is 86.5 Å². The monoisotopic (exact) mass is 199 g/mol. The van der Waals surface area contributed by atoms with Crippen LogP contribution in [-0.2, 0) is 9.53 Å². The summed E-state index contributed by atoms with van der Waals surface area (Å²) in [5.74, 6) is -0.214. The van der Waals surface area contributed by atoms with Crippen LogP contribution < -0.4 is 5.32 Å². The van der Waals surface area contributed by atoms with E-state index in [4.69, 9.17) is 0 Å². The van der Waals surface area contributed by atoms with Crippen LogP contribution in [0.3, 0.4) is 0 Å². The Morgan fingerprint density at radius 2 is 2.14 bits per heavy atom. The zero-order chi connectivity index (χ0) is 11.0. The molecule has 0 aromatic heterocycles. The van der Waals surface area contributed by atoms with Gasteiger partial charge in [-0.15, -0.1) is 0 Å². The molecule has 3 nitrogen and oxygen atoms in total. The zero-order valence-corrected chi connectivity index (χ0v) is 9.54. The van der Waals surface area contributed by atoms with E-state index >= 15 is 0 Å². The molecule has 0 aliphatic rings. The number of allylic oxidation sites excluding steroid dienone is 1. The third-order valence-corrected chi connectivity index (χ3v) is 2.06. The van der Waals surface area contributed by atoms with Gasteiger partial charge in [0.15, 0.2) is 0 Å². The Kier molecular flexibility index (Phi) is 7.11. The molecule has 1 N–H and O–H groups in total. The highest BCUT2D eigenvalue weighted by Crippen LogP contribution is 1.98. The second-order valence-electron chi connectivity index (χ2n) is 3.26. The van der Waals surface area contributed by atoms with E-state index in [0.717, 1.165) is 12.8 Å². The van der Waals surface area contributed by atoms with Gasteiger partial charge >= 0.3 is 5.97 Å². The summed E-state index contributed by atoms with van der Waals surface area (Å²) in [5, 5.41) is 3.19. The van der Waals surface area contributed by atoms with Gasteiger partial charge in [0.2, 0.25) is 0 Å². The van der Waals surface area contributed by atoms with Gasteiger partial charge in [0.1, 0.15) is 6.04 Å². The molecule has 0 radical (unpaired) electrons. The van der Waals surface area contributed by atoms with Crippen LogP contribution in [0.15, 0.2) is 12.2 Å². The Hall–Kier alpha value is -0.830. The molecule has 0 heterocycles. The lowest BCUT2D eigenvalue weighted by atomic mass is 10.1. The summed E-state index contributed by atoms with van der Waals surface area (Å²) in [6.07, 6.45) is 6.19. The topological polar surface area (TPSA) is 38.3 Å². The number of esters is 1. The molecular formula is C11H21NO2. The number of carbonyl (C=O) groups is 1. The molecule has 0 aliphatic carbocycles. The van der Waals surface area contributed by atoms with E-state index in [9.17, 15) is 4.79 Å². The molecule has 82 valence electrons. The maximum Gasteiger partial charge on any atom is 0.322 e. The minimum absolute atomic E-state index is 0.214. The van der Waals surface area contributed by atoms with Crippen molar-refractivity contribution in [3.8, 4) is 0 Å². The van der Waals surface area contributed by atoms with Gasteiger partial charge in [0, 0.05) is 6.04 Å². The Morgan fingerprint density at radius 3 is 2.57 bits per heavy atom. The summed E-state index contributed by atoms with van der Waals surface area (Å²) in [7, 11) is 1.41. The van der Waals surface area contributed by atoms with Gasteiger partial charge in [0.05, 0.1) is 7.11 Å². The third-order valence-electron chi connectivity index (χ3n) is 2.06. The maximum absolute atomic E-state index is 11.1. The molecule has 0 unspecified atom stereocenters. The van der Waals surface area contributed by atoms with Gasteiger partial charge in [-0.25, -0.2) is 0 Å². The number of nitrogens with one attached hydrogen (secondary N) is 1. The molecule has 3 heteroatoms. The molecule has 0 rings (SSSR count). The first-order chi connectivity index (χ1) is 6.65. The number of carbonyl (C=O) groups excluding carboxylic acids is 1. The highest BCUT2D eigenvalue weighted by molar-refractivity contribution is 5.75. The summed E-state index contributed by atoms with van der Waals surface area (Å²) in [6.45, 7) is 5.99. The van der Waals surface area contributed by atoms with Gasteiger partial charge in [-0.05, 0) is 19.8 Å². The lowest BCUT2D eigenvalue weighted by Crippen LogP contribution is -2.40. The number of hydrogen-bond acceptors (Lipinski definition) is 3. The van der Waals surface area contributed by atoms with E-state index < -0.39 is 0 Å². The van der Waals surface area contributed by atoms with Crippen molar-refractivity contribution in [3.63, 3.8) is 0 Å². The van der Waals surface area contributed by atoms with E-state index in [1.165, 1.54) is 7.11 Å². The van der Waals surface area contributed by atoms with E-state index in [-0.39, 0.29) is 18.1 Å². The molecule has 0 aromatic rings. The first kappa shape index (κ1) is 13.2. The minimum atomic E-state index is -0.244. The average molecular weight is 199 g/mol. The fourth-order valence-electron chi connectivity index (χ4n) is 1.18. The van der Waals surface area contributed by atoms with Crippen LogP contribution in [0.4, 0.5) is 0 Å². The predicted octanol–water partition coefficient (Wildman–Crippen LogP) is 1.88. The van der Waals surface area contributed by atoms with Crippen LogP contribution in [0.1, 0.15) is 33.6 Å². The van der Waals surface area contributed by atoms with E-state index in [2.05, 4.69) is 36.1 Å². The fraction of sp³-hybridized carbons (Fsp3) is 0.727. The van der Waals surface area contributed by atoms with Crippen molar-refractivity contribution in [3.05, 3.63) is 12.2 Å². The lowest BCUT2D eigenvalue weighted by Gasteiger charge is -2.17. The molecule has 0 fully saturated rings. The Bertz CT molecular complexity index is 190. The maximum atomic E-state index is 11.1. The molecule has 0 bridgehead atoms.